The van der Waals surface area contributed by atoms with E-state index in [2.05, 4.69) is 15.3 Å². The van der Waals surface area contributed by atoms with E-state index < -0.39 is 22.2 Å². The first-order chi connectivity index (χ1) is 12.4. The maximum Gasteiger partial charge on any atom is 0.238 e. The molecular weight excluding hydrogens is 358 g/mol. The number of primary sulfonamides is 1. The Labute approximate surface area is 150 Å². The summed E-state index contributed by atoms with van der Waals surface area (Å²) in [7, 11) is -3.77. The lowest BCUT2D eigenvalue weighted by Crippen LogP contribution is -2.26. The highest BCUT2D eigenvalue weighted by atomic mass is 32.2. The summed E-state index contributed by atoms with van der Waals surface area (Å²) in [4.78, 5) is 8.22. The van der Waals surface area contributed by atoms with Gasteiger partial charge in [-0.05, 0) is 43.5 Å². The summed E-state index contributed by atoms with van der Waals surface area (Å²) in [5.74, 6) is 0.270. The van der Waals surface area contributed by atoms with Crippen LogP contribution in [-0.4, -0.2) is 35.7 Å². The number of aliphatic hydroxyl groups excluding tert-OH is 1. The molecule has 26 heavy (non-hydrogen) atoms. The Balaban J connectivity index is 1.80. The monoisotopic (exact) mass is 375 g/mol. The number of nitrogens with two attached hydrogens (primary N) is 1. The highest BCUT2D eigenvalue weighted by Crippen LogP contribution is 2.26. The Morgan fingerprint density at radius 3 is 2.62 bits per heavy atom. The SMILES string of the molecule is N#Cc1cnc(Nc2ccc(S(N)(=O)=O)cc2)nc1O[C@H]1CCC[C@H]1O. The summed E-state index contributed by atoms with van der Waals surface area (Å²) in [5, 5.41) is 27.0. The molecule has 0 saturated heterocycles. The first-order valence-corrected chi connectivity index (χ1v) is 9.43. The van der Waals surface area contributed by atoms with Crippen LogP contribution in [-0.2, 0) is 10.0 Å². The van der Waals surface area contributed by atoms with Crippen LogP contribution in [0.15, 0.2) is 35.4 Å². The number of aliphatic hydroxyl groups is 1. The zero-order valence-corrected chi connectivity index (χ0v) is 14.5. The van der Waals surface area contributed by atoms with E-state index in [0.29, 0.717) is 18.5 Å². The molecule has 1 aromatic carbocycles. The van der Waals surface area contributed by atoms with Crippen molar-refractivity contribution in [1.82, 2.24) is 9.97 Å². The molecule has 0 spiro atoms. The Kier molecular flexibility index (Phi) is 5.03. The van der Waals surface area contributed by atoms with Crippen LogP contribution in [0.4, 0.5) is 11.6 Å². The van der Waals surface area contributed by atoms with Gasteiger partial charge >= 0.3 is 0 Å². The van der Waals surface area contributed by atoms with E-state index in [9.17, 15) is 18.8 Å². The summed E-state index contributed by atoms with van der Waals surface area (Å²) >= 11 is 0. The lowest BCUT2D eigenvalue weighted by molar-refractivity contribution is 0.0572. The number of anilines is 2. The van der Waals surface area contributed by atoms with Crippen LogP contribution in [0.5, 0.6) is 5.88 Å². The van der Waals surface area contributed by atoms with Crippen molar-refractivity contribution in [3.05, 3.63) is 36.0 Å². The van der Waals surface area contributed by atoms with Crippen molar-refractivity contribution < 1.29 is 18.3 Å². The number of sulfonamides is 1. The van der Waals surface area contributed by atoms with Gasteiger partial charge in [0.2, 0.25) is 21.9 Å². The Morgan fingerprint density at radius 1 is 1.31 bits per heavy atom. The van der Waals surface area contributed by atoms with E-state index in [4.69, 9.17) is 9.88 Å². The number of hydrogen-bond acceptors (Lipinski definition) is 8. The van der Waals surface area contributed by atoms with Crippen molar-refractivity contribution in [2.24, 2.45) is 5.14 Å². The van der Waals surface area contributed by atoms with E-state index in [1.807, 2.05) is 6.07 Å². The molecule has 0 aliphatic heterocycles. The van der Waals surface area contributed by atoms with Gasteiger partial charge in [-0.15, -0.1) is 0 Å². The maximum absolute atomic E-state index is 11.3. The standard InChI is InChI=1S/C16H17N5O4S/c17-8-10-9-19-16(21-15(10)25-14-3-1-2-13(14)22)20-11-4-6-12(7-5-11)26(18,23)24/h4-7,9,13-14,22H,1-3H2,(H2,18,23,24)(H,19,20,21)/t13-,14+/m1/s1. The first-order valence-electron chi connectivity index (χ1n) is 7.88. The third kappa shape index (κ3) is 4.08. The van der Waals surface area contributed by atoms with Gasteiger partial charge in [0.15, 0.2) is 0 Å². The molecule has 0 bridgehead atoms. The second kappa shape index (κ2) is 7.25. The zero-order valence-electron chi connectivity index (χ0n) is 13.7. The maximum atomic E-state index is 11.3. The molecule has 0 radical (unpaired) electrons. The molecule has 1 saturated carbocycles. The lowest BCUT2D eigenvalue weighted by atomic mass is 10.2. The van der Waals surface area contributed by atoms with Crippen molar-refractivity contribution in [2.75, 3.05) is 5.32 Å². The molecule has 0 unspecified atom stereocenters. The van der Waals surface area contributed by atoms with Crippen molar-refractivity contribution in [3.8, 4) is 11.9 Å². The van der Waals surface area contributed by atoms with Gasteiger partial charge in [0.1, 0.15) is 17.7 Å². The van der Waals surface area contributed by atoms with Gasteiger partial charge in [-0.3, -0.25) is 0 Å². The molecule has 1 aliphatic carbocycles. The molecule has 1 aromatic heterocycles. The second-order valence-corrected chi connectivity index (χ2v) is 7.43. The minimum Gasteiger partial charge on any atom is -0.471 e. The van der Waals surface area contributed by atoms with Gasteiger partial charge in [-0.25, -0.2) is 18.5 Å². The van der Waals surface area contributed by atoms with Gasteiger partial charge in [-0.1, -0.05) is 0 Å². The predicted molar refractivity (Wildman–Crippen MR) is 92.1 cm³/mol. The fourth-order valence-electron chi connectivity index (χ4n) is 2.64. The average Bonchev–Trinajstić information content (AvgIpc) is 3.00. The molecular formula is C16H17N5O4S. The third-order valence-electron chi connectivity index (χ3n) is 3.99. The van der Waals surface area contributed by atoms with Gasteiger partial charge < -0.3 is 15.2 Å². The first kappa shape index (κ1) is 18.1. The fourth-order valence-corrected chi connectivity index (χ4v) is 3.15. The topological polar surface area (TPSA) is 151 Å². The lowest BCUT2D eigenvalue weighted by Gasteiger charge is -2.17. The molecule has 136 valence electrons. The molecule has 2 aromatic rings. The molecule has 1 fully saturated rings. The van der Waals surface area contributed by atoms with E-state index >= 15 is 0 Å². The number of nitrogens with zero attached hydrogens (tertiary/aromatic N) is 3. The fraction of sp³-hybridized carbons (Fsp3) is 0.312. The van der Waals surface area contributed by atoms with Crippen LogP contribution in [0, 0.1) is 11.3 Å². The van der Waals surface area contributed by atoms with Crippen molar-refractivity contribution in [1.29, 1.82) is 5.26 Å². The van der Waals surface area contributed by atoms with Crippen LogP contribution in [0.25, 0.3) is 0 Å². The van der Waals surface area contributed by atoms with Crippen molar-refractivity contribution >= 4 is 21.7 Å². The van der Waals surface area contributed by atoms with Crippen LogP contribution >= 0.6 is 0 Å². The summed E-state index contributed by atoms with van der Waals surface area (Å²) in [6.07, 6.45) is 2.52. The summed E-state index contributed by atoms with van der Waals surface area (Å²) in [5.41, 5.74) is 0.702. The van der Waals surface area contributed by atoms with Crippen molar-refractivity contribution in [2.45, 2.75) is 36.4 Å². The molecule has 4 N–H and O–H groups in total. The Hall–Kier alpha value is -2.74. The normalized spacial score (nSPS) is 19.7. The third-order valence-corrected chi connectivity index (χ3v) is 4.92. The molecule has 1 heterocycles. The van der Waals surface area contributed by atoms with E-state index in [1.165, 1.54) is 30.5 Å². The number of nitriles is 1. The van der Waals surface area contributed by atoms with Crippen LogP contribution in [0.2, 0.25) is 0 Å². The number of nitrogens with one attached hydrogen (secondary N) is 1. The smallest absolute Gasteiger partial charge is 0.238 e. The quantitative estimate of drug-likeness (QED) is 0.701. The number of ether oxygens (including phenoxy) is 1. The number of rotatable bonds is 5. The van der Waals surface area contributed by atoms with Gasteiger partial charge in [0, 0.05) is 5.69 Å². The largest absolute Gasteiger partial charge is 0.471 e. The highest BCUT2D eigenvalue weighted by Gasteiger charge is 2.28. The van der Waals surface area contributed by atoms with Crippen LogP contribution in [0.1, 0.15) is 24.8 Å². The number of aromatic nitrogens is 2. The van der Waals surface area contributed by atoms with E-state index in [1.54, 1.807) is 0 Å². The molecule has 9 nitrogen and oxygen atoms in total. The molecule has 2 atom stereocenters. The van der Waals surface area contributed by atoms with Gasteiger partial charge in [0.25, 0.3) is 0 Å². The molecule has 1 aliphatic rings. The zero-order chi connectivity index (χ0) is 18.7. The van der Waals surface area contributed by atoms with Gasteiger partial charge in [0.05, 0.1) is 17.2 Å². The molecule has 0 amide bonds. The predicted octanol–water partition coefficient (Wildman–Crippen LogP) is 1.03. The summed E-state index contributed by atoms with van der Waals surface area (Å²) in [6, 6.07) is 7.70. The summed E-state index contributed by atoms with van der Waals surface area (Å²) in [6.45, 7) is 0. The van der Waals surface area contributed by atoms with E-state index in [-0.39, 0.29) is 22.3 Å². The van der Waals surface area contributed by atoms with E-state index in [0.717, 1.165) is 6.42 Å². The Morgan fingerprint density at radius 2 is 2.04 bits per heavy atom. The number of benzene rings is 1. The average molecular weight is 375 g/mol. The van der Waals surface area contributed by atoms with Crippen molar-refractivity contribution in [3.63, 3.8) is 0 Å². The highest BCUT2D eigenvalue weighted by molar-refractivity contribution is 7.89. The minimum absolute atomic E-state index is 0.0111. The van der Waals surface area contributed by atoms with Crippen LogP contribution in [0.3, 0.4) is 0 Å². The van der Waals surface area contributed by atoms with Crippen LogP contribution < -0.4 is 15.2 Å². The summed E-state index contributed by atoms with van der Waals surface area (Å²) < 4.78 is 28.2. The number of hydrogen-bond donors (Lipinski definition) is 3. The Bertz CT molecular complexity index is 940. The second-order valence-electron chi connectivity index (χ2n) is 5.87. The molecule has 3 rings (SSSR count). The van der Waals surface area contributed by atoms with Gasteiger partial charge in [-0.2, -0.15) is 10.2 Å². The molecule has 10 heteroatoms. The minimum atomic E-state index is -3.77.